The van der Waals surface area contributed by atoms with Crippen molar-refractivity contribution in [3.8, 4) is 0 Å². The summed E-state index contributed by atoms with van der Waals surface area (Å²) in [6.45, 7) is 0. The minimum Gasteiger partial charge on any atom is -0.344 e. The van der Waals surface area contributed by atoms with Crippen molar-refractivity contribution in [2.45, 2.75) is 24.4 Å². The fourth-order valence-corrected chi connectivity index (χ4v) is 2.85. The van der Waals surface area contributed by atoms with Gasteiger partial charge in [-0.05, 0) is 17.5 Å². The number of nitrogens with two attached hydrogens (primary N) is 1. The second-order valence-electron chi connectivity index (χ2n) is 5.71. The van der Waals surface area contributed by atoms with E-state index in [0.29, 0.717) is 6.42 Å². The first kappa shape index (κ1) is 14.5. The molecule has 4 heteroatoms. The summed E-state index contributed by atoms with van der Waals surface area (Å²) in [4.78, 5) is 24.9. The van der Waals surface area contributed by atoms with E-state index in [4.69, 9.17) is 5.73 Å². The molecule has 112 valence electrons. The molecule has 3 N–H and O–H groups in total. The number of hydrogen-bond acceptors (Lipinski definition) is 3. The molecule has 1 heterocycles. The molecule has 0 unspecified atom stereocenters. The lowest BCUT2D eigenvalue weighted by atomic mass is 9.86. The normalized spacial score (nSPS) is 24.3. The number of carbonyl (C=O) groups excluding carboxylic acids is 2. The SMILES string of the molecule is N[C@]1(Cc2ccccc2)C(=O)N[C@@H](Cc2ccccc2)C1=O. The molecule has 1 fully saturated rings. The quantitative estimate of drug-likeness (QED) is 0.833. The fraction of sp³-hybridized carbons (Fsp3) is 0.222. The summed E-state index contributed by atoms with van der Waals surface area (Å²) in [5, 5.41) is 2.75. The number of nitrogens with one attached hydrogen (secondary N) is 1. The van der Waals surface area contributed by atoms with Crippen molar-refractivity contribution >= 4 is 11.7 Å². The maximum absolute atomic E-state index is 12.6. The average molecular weight is 294 g/mol. The first-order valence-corrected chi connectivity index (χ1v) is 7.31. The minimum atomic E-state index is -1.47. The Labute approximate surface area is 129 Å². The van der Waals surface area contributed by atoms with Crippen LogP contribution in [0.2, 0.25) is 0 Å². The third-order valence-electron chi connectivity index (χ3n) is 4.08. The number of ketones is 1. The van der Waals surface area contributed by atoms with E-state index in [1.54, 1.807) is 0 Å². The molecule has 2 aromatic carbocycles. The summed E-state index contributed by atoms with van der Waals surface area (Å²) >= 11 is 0. The summed E-state index contributed by atoms with van der Waals surface area (Å²) < 4.78 is 0. The smallest absolute Gasteiger partial charge is 0.248 e. The standard InChI is InChI=1S/C18H18N2O2/c19-18(12-14-9-5-2-6-10-14)16(21)15(20-17(18)22)11-13-7-3-1-4-8-13/h1-10,15H,11-12,19H2,(H,20,22)/t15-,18-/m0/s1. The van der Waals surface area contributed by atoms with Crippen LogP contribution in [0.3, 0.4) is 0 Å². The molecule has 0 spiro atoms. The van der Waals surface area contributed by atoms with Crippen molar-refractivity contribution < 1.29 is 9.59 Å². The van der Waals surface area contributed by atoms with Gasteiger partial charge in [0, 0.05) is 6.42 Å². The zero-order valence-electron chi connectivity index (χ0n) is 12.2. The van der Waals surface area contributed by atoms with Crippen molar-refractivity contribution in [1.82, 2.24) is 5.32 Å². The number of amides is 1. The highest BCUT2D eigenvalue weighted by Crippen LogP contribution is 2.22. The van der Waals surface area contributed by atoms with Crippen molar-refractivity contribution in [3.05, 3.63) is 71.8 Å². The van der Waals surface area contributed by atoms with Gasteiger partial charge in [-0.15, -0.1) is 0 Å². The molecule has 0 radical (unpaired) electrons. The predicted octanol–water partition coefficient (Wildman–Crippen LogP) is 1.24. The predicted molar refractivity (Wildman–Crippen MR) is 84.1 cm³/mol. The van der Waals surface area contributed by atoms with Crippen molar-refractivity contribution in [3.63, 3.8) is 0 Å². The molecule has 2 aromatic rings. The Morgan fingerprint density at radius 2 is 1.45 bits per heavy atom. The van der Waals surface area contributed by atoms with Gasteiger partial charge in [0.15, 0.2) is 11.3 Å². The van der Waals surface area contributed by atoms with Crippen LogP contribution in [0.25, 0.3) is 0 Å². The van der Waals surface area contributed by atoms with Crippen LogP contribution in [-0.2, 0) is 22.4 Å². The zero-order valence-corrected chi connectivity index (χ0v) is 12.2. The van der Waals surface area contributed by atoms with Gasteiger partial charge in [-0.2, -0.15) is 0 Å². The lowest BCUT2D eigenvalue weighted by Crippen LogP contribution is -2.54. The van der Waals surface area contributed by atoms with Crippen LogP contribution < -0.4 is 11.1 Å². The van der Waals surface area contributed by atoms with E-state index in [1.165, 1.54) is 0 Å². The van der Waals surface area contributed by atoms with Gasteiger partial charge in [0.25, 0.3) is 0 Å². The van der Waals surface area contributed by atoms with E-state index in [0.717, 1.165) is 11.1 Å². The Morgan fingerprint density at radius 1 is 0.909 bits per heavy atom. The van der Waals surface area contributed by atoms with Crippen LogP contribution in [0.5, 0.6) is 0 Å². The second kappa shape index (κ2) is 5.73. The van der Waals surface area contributed by atoms with Crippen molar-refractivity contribution in [2.24, 2.45) is 5.73 Å². The Kier molecular flexibility index (Phi) is 3.77. The van der Waals surface area contributed by atoms with Crippen LogP contribution in [-0.4, -0.2) is 23.3 Å². The van der Waals surface area contributed by atoms with Gasteiger partial charge < -0.3 is 11.1 Å². The maximum atomic E-state index is 12.6. The Hall–Kier alpha value is -2.46. The summed E-state index contributed by atoms with van der Waals surface area (Å²) in [6, 6.07) is 18.5. The molecule has 22 heavy (non-hydrogen) atoms. The van der Waals surface area contributed by atoms with Crippen molar-refractivity contribution in [2.75, 3.05) is 0 Å². The summed E-state index contributed by atoms with van der Waals surface area (Å²) in [5.74, 6) is -0.618. The van der Waals surface area contributed by atoms with Gasteiger partial charge in [-0.3, -0.25) is 9.59 Å². The van der Waals surface area contributed by atoms with E-state index < -0.39 is 11.6 Å². The second-order valence-corrected chi connectivity index (χ2v) is 5.71. The van der Waals surface area contributed by atoms with Crippen LogP contribution >= 0.6 is 0 Å². The molecule has 0 saturated carbocycles. The molecule has 1 amide bonds. The molecule has 0 bridgehead atoms. The first-order valence-electron chi connectivity index (χ1n) is 7.31. The van der Waals surface area contributed by atoms with Gasteiger partial charge in [-0.1, -0.05) is 60.7 Å². The van der Waals surface area contributed by atoms with Crippen LogP contribution in [0, 0.1) is 0 Å². The van der Waals surface area contributed by atoms with Crippen LogP contribution in [0.15, 0.2) is 60.7 Å². The first-order chi connectivity index (χ1) is 10.6. The fourth-order valence-electron chi connectivity index (χ4n) is 2.85. The number of hydrogen-bond donors (Lipinski definition) is 2. The topological polar surface area (TPSA) is 72.2 Å². The Bertz CT molecular complexity index is 685. The summed E-state index contributed by atoms with van der Waals surface area (Å²) in [7, 11) is 0. The van der Waals surface area contributed by atoms with Gasteiger partial charge in [-0.25, -0.2) is 0 Å². The number of rotatable bonds is 4. The summed E-state index contributed by atoms with van der Waals surface area (Å²) in [5.41, 5.74) is 6.58. The number of Topliss-reactive ketones (excluding diaryl/α,β-unsaturated/α-hetero) is 1. The average Bonchev–Trinajstić information content (AvgIpc) is 2.74. The lowest BCUT2D eigenvalue weighted by molar-refractivity contribution is -0.129. The van der Waals surface area contributed by atoms with E-state index in [2.05, 4.69) is 5.32 Å². The van der Waals surface area contributed by atoms with Crippen molar-refractivity contribution in [1.29, 1.82) is 0 Å². The van der Waals surface area contributed by atoms with E-state index in [9.17, 15) is 9.59 Å². The van der Waals surface area contributed by atoms with Gasteiger partial charge in [0.05, 0.1) is 6.04 Å². The van der Waals surface area contributed by atoms with Gasteiger partial charge in [0.2, 0.25) is 5.91 Å². The van der Waals surface area contributed by atoms with Gasteiger partial charge >= 0.3 is 0 Å². The molecule has 0 aliphatic carbocycles. The minimum absolute atomic E-state index is 0.226. The molecule has 4 nitrogen and oxygen atoms in total. The largest absolute Gasteiger partial charge is 0.344 e. The molecule has 2 atom stereocenters. The molecular formula is C18H18N2O2. The highest BCUT2D eigenvalue weighted by molar-refractivity contribution is 6.18. The highest BCUT2D eigenvalue weighted by atomic mass is 16.2. The maximum Gasteiger partial charge on any atom is 0.248 e. The van der Waals surface area contributed by atoms with E-state index in [-0.39, 0.29) is 18.1 Å². The Morgan fingerprint density at radius 3 is 2.05 bits per heavy atom. The molecule has 1 aliphatic rings. The number of benzene rings is 2. The van der Waals surface area contributed by atoms with E-state index >= 15 is 0 Å². The van der Waals surface area contributed by atoms with Gasteiger partial charge in [0.1, 0.15) is 0 Å². The zero-order chi connectivity index (χ0) is 15.6. The third-order valence-corrected chi connectivity index (χ3v) is 4.08. The highest BCUT2D eigenvalue weighted by Gasteiger charge is 2.51. The number of carbonyl (C=O) groups is 2. The molecule has 1 aliphatic heterocycles. The molecule has 1 saturated heterocycles. The third kappa shape index (κ3) is 2.65. The Balaban J connectivity index is 1.79. The lowest BCUT2D eigenvalue weighted by Gasteiger charge is -2.19. The monoisotopic (exact) mass is 294 g/mol. The van der Waals surface area contributed by atoms with E-state index in [1.807, 2.05) is 60.7 Å². The summed E-state index contributed by atoms with van der Waals surface area (Å²) in [6.07, 6.45) is 0.697. The molecular weight excluding hydrogens is 276 g/mol. The van der Waals surface area contributed by atoms with Crippen LogP contribution in [0.4, 0.5) is 0 Å². The van der Waals surface area contributed by atoms with Crippen LogP contribution in [0.1, 0.15) is 11.1 Å². The molecule has 0 aromatic heterocycles. The molecule has 3 rings (SSSR count).